The predicted molar refractivity (Wildman–Crippen MR) is 81.4 cm³/mol. The molecule has 0 bridgehead atoms. The Morgan fingerprint density at radius 1 is 1.00 bits per heavy atom. The summed E-state index contributed by atoms with van der Waals surface area (Å²) in [6, 6.07) is 0.300. The number of hydrogen-bond acceptors (Lipinski definition) is 4. The van der Waals surface area contributed by atoms with Crippen molar-refractivity contribution in [2.24, 2.45) is 10.3 Å². The van der Waals surface area contributed by atoms with E-state index < -0.39 is 0 Å². The van der Waals surface area contributed by atoms with Crippen LogP contribution in [0.15, 0.2) is 22.5 Å². The number of hydrogen-bond donors (Lipinski definition) is 2. The molecule has 0 radical (unpaired) electrons. The predicted octanol–water partition coefficient (Wildman–Crippen LogP) is 3.30. The number of piperidine rings is 1. The van der Waals surface area contributed by atoms with Crippen LogP contribution >= 0.6 is 0 Å². The Hall–Kier alpha value is -0.712. The fourth-order valence-corrected chi connectivity index (χ4v) is 2.13. The molecule has 122 valence electrons. The zero-order chi connectivity index (χ0) is 14.8. The molecule has 0 amide bonds. The molecular formula is C14H24N4O2Pt. The standard InChI is InChI=1S/C7H13N2O.C7H11N2O.Pt/c2*1-6(9-10)7-4-2-3-5-8-7;/h7,10H,2-5H2,1H3;2-3,7,10H,4-5H2,1H3;/q2*-1;+2. The maximum Gasteiger partial charge on any atom is 2.00 e. The van der Waals surface area contributed by atoms with Crippen LogP contribution in [0.1, 0.15) is 39.5 Å². The van der Waals surface area contributed by atoms with Gasteiger partial charge in [0.25, 0.3) is 0 Å². The minimum Gasteiger partial charge on any atom is -0.655 e. The number of rotatable bonds is 2. The Balaban J connectivity index is 0.000000364. The van der Waals surface area contributed by atoms with Gasteiger partial charge in [-0.2, -0.15) is 0 Å². The third-order valence-electron chi connectivity index (χ3n) is 3.47. The van der Waals surface area contributed by atoms with Gasteiger partial charge in [-0.1, -0.05) is 37.4 Å². The van der Waals surface area contributed by atoms with E-state index >= 15 is 0 Å². The van der Waals surface area contributed by atoms with E-state index in [2.05, 4.69) is 27.0 Å². The van der Waals surface area contributed by atoms with E-state index in [1.165, 1.54) is 12.8 Å². The second-order valence-electron chi connectivity index (χ2n) is 4.99. The molecule has 2 rings (SSSR count). The SMILES string of the molecule is CC(=NO)C1CC=CC[N-]1.CC(=NO)C1CCCC[N-]1.[Pt+2]. The van der Waals surface area contributed by atoms with Crippen LogP contribution in [0, 0.1) is 0 Å². The maximum absolute atomic E-state index is 8.41. The van der Waals surface area contributed by atoms with Crippen molar-refractivity contribution in [3.8, 4) is 0 Å². The molecule has 0 aromatic heterocycles. The fraction of sp³-hybridized carbons (Fsp3) is 0.714. The smallest absolute Gasteiger partial charge is 0.655 e. The summed E-state index contributed by atoms with van der Waals surface area (Å²) >= 11 is 0. The number of nitrogens with zero attached hydrogens (tertiary/aromatic N) is 4. The molecule has 2 unspecified atom stereocenters. The summed E-state index contributed by atoms with van der Waals surface area (Å²) in [5, 5.41) is 31.6. The van der Waals surface area contributed by atoms with E-state index in [0.717, 1.165) is 31.6 Å². The summed E-state index contributed by atoms with van der Waals surface area (Å²) in [5.74, 6) is 0. The molecule has 0 aliphatic carbocycles. The Bertz CT molecular complexity index is 366. The van der Waals surface area contributed by atoms with Crippen molar-refractivity contribution in [2.45, 2.75) is 51.6 Å². The molecule has 7 heteroatoms. The van der Waals surface area contributed by atoms with Gasteiger partial charge in [-0.3, -0.25) is 0 Å². The zero-order valence-corrected chi connectivity index (χ0v) is 14.8. The number of oxime groups is 2. The Labute approximate surface area is 141 Å². The molecule has 0 aromatic rings. The first kappa shape index (κ1) is 20.3. The molecule has 2 aliphatic rings. The molecule has 0 aromatic carbocycles. The van der Waals surface area contributed by atoms with Gasteiger partial charge < -0.3 is 21.0 Å². The summed E-state index contributed by atoms with van der Waals surface area (Å²) in [5.41, 5.74) is 1.45. The van der Waals surface area contributed by atoms with Crippen molar-refractivity contribution in [3.63, 3.8) is 0 Å². The van der Waals surface area contributed by atoms with Crippen LogP contribution in [-0.2, 0) is 21.1 Å². The van der Waals surface area contributed by atoms with Gasteiger partial charge in [-0.15, -0.1) is 29.5 Å². The van der Waals surface area contributed by atoms with Crippen molar-refractivity contribution in [1.29, 1.82) is 0 Å². The van der Waals surface area contributed by atoms with Gasteiger partial charge in [-0.05, 0) is 20.3 Å². The third kappa shape index (κ3) is 7.74. The molecule has 2 N–H and O–H groups in total. The molecule has 2 aliphatic heterocycles. The molecular weight excluding hydrogens is 451 g/mol. The van der Waals surface area contributed by atoms with Crippen molar-refractivity contribution in [1.82, 2.24) is 0 Å². The molecule has 21 heavy (non-hydrogen) atoms. The summed E-state index contributed by atoms with van der Waals surface area (Å²) < 4.78 is 0. The molecule has 1 saturated heterocycles. The molecule has 2 atom stereocenters. The molecule has 6 nitrogen and oxygen atoms in total. The molecule has 1 fully saturated rings. The van der Waals surface area contributed by atoms with Crippen molar-refractivity contribution < 1.29 is 31.5 Å². The molecule has 2 heterocycles. The van der Waals surface area contributed by atoms with Crippen molar-refractivity contribution >= 4 is 11.4 Å². The van der Waals surface area contributed by atoms with Gasteiger partial charge >= 0.3 is 21.1 Å². The second kappa shape index (κ2) is 11.9. The minimum atomic E-state index is 0. The minimum absolute atomic E-state index is 0. The molecule has 0 saturated carbocycles. The van der Waals surface area contributed by atoms with Gasteiger partial charge in [0, 0.05) is 11.4 Å². The summed E-state index contributed by atoms with van der Waals surface area (Å²) in [4.78, 5) is 0. The molecule has 0 spiro atoms. The average molecular weight is 475 g/mol. The third-order valence-corrected chi connectivity index (χ3v) is 3.47. The van der Waals surface area contributed by atoms with E-state index in [1.54, 1.807) is 6.92 Å². The van der Waals surface area contributed by atoms with Gasteiger partial charge in [-0.25, -0.2) is 0 Å². The van der Waals surface area contributed by atoms with Gasteiger partial charge in [0.05, 0.1) is 0 Å². The summed E-state index contributed by atoms with van der Waals surface area (Å²) in [6.45, 7) is 5.28. The van der Waals surface area contributed by atoms with Crippen LogP contribution in [-0.4, -0.2) is 47.0 Å². The largest absolute Gasteiger partial charge is 2.00 e. The van der Waals surface area contributed by atoms with E-state index in [9.17, 15) is 0 Å². The van der Waals surface area contributed by atoms with Crippen LogP contribution in [0.25, 0.3) is 10.6 Å². The van der Waals surface area contributed by atoms with Crippen LogP contribution in [0.2, 0.25) is 0 Å². The van der Waals surface area contributed by atoms with E-state index in [4.69, 9.17) is 10.4 Å². The summed E-state index contributed by atoms with van der Waals surface area (Å²) in [6.07, 6.45) is 8.40. The quantitative estimate of drug-likeness (QED) is 0.278. The monoisotopic (exact) mass is 475 g/mol. The van der Waals surface area contributed by atoms with Crippen LogP contribution in [0.3, 0.4) is 0 Å². The first-order valence-corrected chi connectivity index (χ1v) is 7.04. The van der Waals surface area contributed by atoms with Gasteiger partial charge in [0.2, 0.25) is 0 Å². The van der Waals surface area contributed by atoms with E-state index in [1.807, 2.05) is 13.0 Å². The van der Waals surface area contributed by atoms with E-state index in [-0.39, 0.29) is 33.1 Å². The summed E-state index contributed by atoms with van der Waals surface area (Å²) in [7, 11) is 0. The van der Waals surface area contributed by atoms with Crippen LogP contribution in [0.5, 0.6) is 0 Å². The maximum atomic E-state index is 8.41. The van der Waals surface area contributed by atoms with E-state index in [0.29, 0.717) is 5.71 Å². The van der Waals surface area contributed by atoms with Crippen molar-refractivity contribution in [2.75, 3.05) is 13.1 Å². The van der Waals surface area contributed by atoms with Gasteiger partial charge in [0.15, 0.2) is 0 Å². The van der Waals surface area contributed by atoms with Crippen LogP contribution < -0.4 is 0 Å². The Kier molecular flexibility index (Phi) is 11.5. The topological polar surface area (TPSA) is 93.4 Å². The Morgan fingerprint density at radius 2 is 1.67 bits per heavy atom. The average Bonchev–Trinajstić information content (AvgIpc) is 2.55. The normalized spacial score (nSPS) is 26.4. The Morgan fingerprint density at radius 3 is 2.14 bits per heavy atom. The van der Waals surface area contributed by atoms with Crippen LogP contribution in [0.4, 0.5) is 0 Å². The second-order valence-corrected chi connectivity index (χ2v) is 4.99. The van der Waals surface area contributed by atoms with Gasteiger partial charge in [0.1, 0.15) is 0 Å². The van der Waals surface area contributed by atoms with Crippen molar-refractivity contribution in [3.05, 3.63) is 22.8 Å². The zero-order valence-electron chi connectivity index (χ0n) is 12.6. The fourth-order valence-electron chi connectivity index (χ4n) is 2.13. The first-order chi connectivity index (χ1) is 9.69. The first-order valence-electron chi connectivity index (χ1n) is 7.04.